The van der Waals surface area contributed by atoms with E-state index in [2.05, 4.69) is 19.7 Å². The highest BCUT2D eigenvalue weighted by atomic mass is 32.2. The second-order valence-electron chi connectivity index (χ2n) is 11.9. The van der Waals surface area contributed by atoms with Crippen molar-refractivity contribution in [1.29, 1.82) is 0 Å². The molecule has 1 aromatic heterocycles. The molecular formula is C30H49N5O7S2. The van der Waals surface area contributed by atoms with Crippen molar-refractivity contribution < 1.29 is 31.8 Å². The molecule has 0 bridgehead atoms. The first-order valence-electron chi connectivity index (χ1n) is 15.6. The Labute approximate surface area is 262 Å². The van der Waals surface area contributed by atoms with Crippen LogP contribution < -0.4 is 14.8 Å². The zero-order chi connectivity index (χ0) is 32.2. The fraction of sp³-hybridized carbons (Fsp3) is 0.667. The molecule has 1 saturated carbocycles. The van der Waals surface area contributed by atoms with Crippen molar-refractivity contribution in [2.75, 3.05) is 18.1 Å². The van der Waals surface area contributed by atoms with Crippen LogP contribution in [-0.2, 0) is 32.9 Å². The number of aliphatic hydroxyl groups excluding tert-OH is 2. The Hall–Kier alpha value is -2.36. The molecule has 248 valence electrons. The predicted octanol–water partition coefficient (Wildman–Crippen LogP) is 2.31. The number of rotatable bonds is 18. The quantitative estimate of drug-likeness (QED) is 0.151. The highest BCUT2D eigenvalue weighted by Gasteiger charge is 2.33. The van der Waals surface area contributed by atoms with Crippen LogP contribution in [0.2, 0.25) is 0 Å². The van der Waals surface area contributed by atoms with Gasteiger partial charge in [-0.2, -0.15) is 0 Å². The van der Waals surface area contributed by atoms with Crippen molar-refractivity contribution in [3.05, 3.63) is 54.1 Å². The van der Waals surface area contributed by atoms with E-state index in [-0.39, 0.29) is 24.8 Å². The van der Waals surface area contributed by atoms with E-state index in [0.29, 0.717) is 30.9 Å². The van der Waals surface area contributed by atoms with Crippen LogP contribution in [0.4, 0.5) is 4.79 Å². The van der Waals surface area contributed by atoms with Crippen LogP contribution in [0.25, 0.3) is 0 Å². The third-order valence-corrected chi connectivity index (χ3v) is 10.6. The van der Waals surface area contributed by atoms with Gasteiger partial charge in [0, 0.05) is 31.2 Å². The Morgan fingerprint density at radius 3 is 2.45 bits per heavy atom. The lowest BCUT2D eigenvalue weighted by molar-refractivity contribution is -0.00114. The number of sulfonamides is 2. The predicted molar refractivity (Wildman–Crippen MR) is 170 cm³/mol. The van der Waals surface area contributed by atoms with Crippen LogP contribution in [-0.4, -0.2) is 85.0 Å². The number of aryl methyl sites for hydroxylation is 1. The number of hydrogen-bond donors (Lipinski definition) is 5. The summed E-state index contributed by atoms with van der Waals surface area (Å²) < 4.78 is 55.5. The summed E-state index contributed by atoms with van der Waals surface area (Å²) in [6.07, 6.45) is 8.03. The fourth-order valence-electron chi connectivity index (χ4n) is 5.59. The number of aromatic nitrogens is 2. The second kappa shape index (κ2) is 17.4. The molecular weight excluding hydrogens is 606 g/mol. The summed E-state index contributed by atoms with van der Waals surface area (Å²) in [4.78, 5) is 16.9. The first-order chi connectivity index (χ1) is 20.9. The Bertz CT molecular complexity index is 1360. The zero-order valence-electron chi connectivity index (χ0n) is 25.8. The van der Waals surface area contributed by atoms with E-state index in [4.69, 9.17) is 0 Å². The molecule has 14 heteroatoms. The molecule has 44 heavy (non-hydrogen) atoms. The maximum atomic E-state index is 12.6. The molecule has 5 N–H and O–H groups in total. The number of imidazole rings is 1. The van der Waals surface area contributed by atoms with Crippen LogP contribution in [0.1, 0.15) is 76.5 Å². The van der Waals surface area contributed by atoms with E-state index < -0.39 is 50.1 Å². The van der Waals surface area contributed by atoms with Gasteiger partial charge in [-0.25, -0.2) is 36.1 Å². The molecule has 1 aliphatic rings. The van der Waals surface area contributed by atoms with Gasteiger partial charge in [-0.3, -0.25) is 4.57 Å². The van der Waals surface area contributed by atoms with Crippen molar-refractivity contribution in [2.45, 2.75) is 102 Å². The lowest BCUT2D eigenvalue weighted by atomic mass is 9.83. The third-order valence-electron chi connectivity index (χ3n) is 7.99. The van der Waals surface area contributed by atoms with E-state index in [9.17, 15) is 31.8 Å². The van der Waals surface area contributed by atoms with Crippen LogP contribution in [0, 0.1) is 5.92 Å². The molecule has 1 unspecified atom stereocenters. The van der Waals surface area contributed by atoms with Crippen molar-refractivity contribution in [3.8, 4) is 0 Å². The SMILES string of the molecule is CCCCNS(=O)(=O)C[C@@H](O)[C@@H](O)[C@@H](CC1CCCCC1)NC(C)Cc1cn(C(=O)NS(=O)(=O)CCc2ccccc2)cn1. The van der Waals surface area contributed by atoms with E-state index in [1.165, 1.54) is 18.9 Å². The fourth-order valence-corrected chi connectivity index (χ4v) is 7.79. The van der Waals surface area contributed by atoms with Gasteiger partial charge in [0.2, 0.25) is 20.0 Å². The molecule has 1 amide bonds. The molecule has 1 aliphatic carbocycles. The Balaban J connectivity index is 1.59. The smallest absolute Gasteiger partial charge is 0.340 e. The molecule has 1 heterocycles. The first kappa shape index (κ1) is 36.1. The van der Waals surface area contributed by atoms with Gasteiger partial charge in [0.1, 0.15) is 6.33 Å². The van der Waals surface area contributed by atoms with Gasteiger partial charge in [0.15, 0.2) is 0 Å². The Morgan fingerprint density at radius 2 is 1.77 bits per heavy atom. The van der Waals surface area contributed by atoms with E-state index >= 15 is 0 Å². The number of amides is 1. The molecule has 3 rings (SSSR count). The minimum atomic E-state index is -3.87. The number of carbonyl (C=O) groups excluding carboxylic acids is 1. The molecule has 12 nitrogen and oxygen atoms in total. The van der Waals surface area contributed by atoms with Gasteiger partial charge < -0.3 is 15.5 Å². The highest BCUT2D eigenvalue weighted by Crippen LogP contribution is 2.28. The summed E-state index contributed by atoms with van der Waals surface area (Å²) in [6, 6.07) is 7.48. The Kier molecular flexibility index (Phi) is 14.3. The topological polar surface area (TPSA) is 180 Å². The van der Waals surface area contributed by atoms with Crippen LogP contribution in [0.3, 0.4) is 0 Å². The largest absolute Gasteiger partial charge is 0.389 e. The van der Waals surface area contributed by atoms with Gasteiger partial charge in [-0.05, 0) is 37.7 Å². The molecule has 2 aromatic rings. The number of unbranched alkanes of at least 4 members (excludes halogenated alkanes) is 1. The van der Waals surface area contributed by atoms with Crippen LogP contribution in [0.15, 0.2) is 42.9 Å². The standard InChI is InChI=1S/C30H49N5O7S2/c1-3-4-16-32-44(41,42)21-28(36)29(37)27(19-25-13-9-6-10-14-25)33-23(2)18-26-20-35(22-31-26)30(38)34-43(39,40)17-15-24-11-7-5-8-12-24/h5,7-8,11-12,20,22-23,25,27-29,32-33,36-37H,3-4,6,9-10,13-19,21H2,1-2H3,(H,34,38)/t23?,27-,28-,29+/m1/s1. The first-order valence-corrected chi connectivity index (χ1v) is 18.9. The van der Waals surface area contributed by atoms with Gasteiger partial charge in [0.25, 0.3) is 0 Å². The second-order valence-corrected chi connectivity index (χ2v) is 15.6. The van der Waals surface area contributed by atoms with Crippen molar-refractivity contribution in [2.24, 2.45) is 5.92 Å². The van der Waals surface area contributed by atoms with E-state index in [1.807, 2.05) is 44.2 Å². The van der Waals surface area contributed by atoms with Crippen LogP contribution >= 0.6 is 0 Å². The van der Waals surface area contributed by atoms with Gasteiger partial charge in [0.05, 0.1) is 29.4 Å². The zero-order valence-corrected chi connectivity index (χ0v) is 27.4. The number of benzene rings is 1. The summed E-state index contributed by atoms with van der Waals surface area (Å²) in [5.74, 6) is -0.484. The number of carbonyl (C=O) groups is 1. The molecule has 0 radical (unpaired) electrons. The van der Waals surface area contributed by atoms with Crippen molar-refractivity contribution >= 4 is 26.1 Å². The lowest BCUT2D eigenvalue weighted by Gasteiger charge is -2.34. The van der Waals surface area contributed by atoms with Crippen molar-refractivity contribution in [3.63, 3.8) is 0 Å². The van der Waals surface area contributed by atoms with E-state index in [0.717, 1.165) is 42.2 Å². The molecule has 4 atom stereocenters. The number of hydrogen-bond acceptors (Lipinski definition) is 9. The molecule has 0 saturated heterocycles. The normalized spacial score (nSPS) is 17.5. The minimum absolute atomic E-state index is 0.238. The summed E-state index contributed by atoms with van der Waals surface area (Å²) in [7, 11) is -7.63. The summed E-state index contributed by atoms with van der Waals surface area (Å²) in [6.45, 7) is 4.11. The number of aliphatic hydroxyl groups is 2. The monoisotopic (exact) mass is 655 g/mol. The molecule has 1 fully saturated rings. The third kappa shape index (κ3) is 12.6. The highest BCUT2D eigenvalue weighted by molar-refractivity contribution is 7.90. The number of nitrogens with one attached hydrogen (secondary N) is 3. The molecule has 0 aliphatic heterocycles. The lowest BCUT2D eigenvalue weighted by Crippen LogP contribution is -2.53. The average molecular weight is 656 g/mol. The summed E-state index contributed by atoms with van der Waals surface area (Å²) in [5, 5.41) is 25.2. The summed E-state index contributed by atoms with van der Waals surface area (Å²) in [5.41, 5.74) is 1.37. The van der Waals surface area contributed by atoms with Gasteiger partial charge in [-0.1, -0.05) is 75.8 Å². The molecule has 0 spiro atoms. The van der Waals surface area contributed by atoms with Gasteiger partial charge >= 0.3 is 6.03 Å². The maximum absolute atomic E-state index is 12.6. The summed E-state index contributed by atoms with van der Waals surface area (Å²) >= 11 is 0. The van der Waals surface area contributed by atoms with Gasteiger partial charge in [-0.15, -0.1) is 0 Å². The van der Waals surface area contributed by atoms with Crippen molar-refractivity contribution in [1.82, 2.24) is 24.3 Å². The average Bonchev–Trinajstić information content (AvgIpc) is 3.44. The number of nitrogens with zero attached hydrogens (tertiary/aromatic N) is 2. The van der Waals surface area contributed by atoms with Crippen LogP contribution in [0.5, 0.6) is 0 Å². The minimum Gasteiger partial charge on any atom is -0.389 e. The molecule has 1 aromatic carbocycles. The Morgan fingerprint density at radius 1 is 1.07 bits per heavy atom. The van der Waals surface area contributed by atoms with E-state index in [1.54, 1.807) is 0 Å². The maximum Gasteiger partial charge on any atom is 0.340 e.